The van der Waals surface area contributed by atoms with Crippen LogP contribution in [0.3, 0.4) is 0 Å². The molecule has 3 rings (SSSR count). The van der Waals surface area contributed by atoms with Gasteiger partial charge in [-0.15, -0.1) is 0 Å². The van der Waals surface area contributed by atoms with Crippen molar-refractivity contribution in [2.45, 2.75) is 44.8 Å². The maximum atomic E-state index is 12.6. The lowest BCUT2D eigenvalue weighted by atomic mass is 10.1. The SMILES string of the molecule is O=C(CS(=O)(=O)N1CCC(OCc2ccccc2)CC1)N(O)CCCCc1ncccn1. The van der Waals surface area contributed by atoms with Gasteiger partial charge in [-0.05, 0) is 37.3 Å². The van der Waals surface area contributed by atoms with Crippen LogP contribution in [0.5, 0.6) is 0 Å². The van der Waals surface area contributed by atoms with Crippen LogP contribution in [0.25, 0.3) is 0 Å². The number of ether oxygens (including phenoxy) is 1. The van der Waals surface area contributed by atoms with Crippen LogP contribution >= 0.6 is 0 Å². The Morgan fingerprint density at radius 1 is 1.09 bits per heavy atom. The fourth-order valence-electron chi connectivity index (χ4n) is 3.52. The van der Waals surface area contributed by atoms with Gasteiger partial charge in [-0.2, -0.15) is 0 Å². The third-order valence-corrected chi connectivity index (χ3v) is 7.12. The van der Waals surface area contributed by atoms with Gasteiger partial charge in [0.2, 0.25) is 10.0 Å². The van der Waals surface area contributed by atoms with Crippen molar-refractivity contribution in [3.8, 4) is 0 Å². The molecule has 0 radical (unpaired) electrons. The summed E-state index contributed by atoms with van der Waals surface area (Å²) in [5, 5.41) is 10.4. The molecule has 0 bridgehead atoms. The molecular weight excluding hydrogens is 432 g/mol. The van der Waals surface area contributed by atoms with E-state index >= 15 is 0 Å². The molecule has 1 aromatic heterocycles. The number of aromatic nitrogens is 2. The first-order valence-electron chi connectivity index (χ1n) is 10.8. The number of piperidine rings is 1. The van der Waals surface area contributed by atoms with Crippen LogP contribution in [-0.2, 0) is 32.6 Å². The van der Waals surface area contributed by atoms with Crippen molar-refractivity contribution >= 4 is 15.9 Å². The summed E-state index contributed by atoms with van der Waals surface area (Å²) in [5.74, 6) is -0.855. The molecule has 1 N–H and O–H groups in total. The second-order valence-electron chi connectivity index (χ2n) is 7.79. The Kier molecular flexibility index (Phi) is 9.10. The normalized spacial score (nSPS) is 15.5. The molecule has 9 nitrogen and oxygen atoms in total. The zero-order valence-corrected chi connectivity index (χ0v) is 18.9. The van der Waals surface area contributed by atoms with E-state index in [0.717, 1.165) is 5.56 Å². The molecule has 1 aromatic carbocycles. The molecule has 2 aromatic rings. The van der Waals surface area contributed by atoms with Crippen molar-refractivity contribution in [1.82, 2.24) is 19.3 Å². The number of amides is 1. The topological polar surface area (TPSA) is 113 Å². The third-order valence-electron chi connectivity index (χ3n) is 5.36. The molecule has 0 spiro atoms. The van der Waals surface area contributed by atoms with E-state index in [1.807, 2.05) is 30.3 Å². The zero-order valence-electron chi connectivity index (χ0n) is 18.0. The lowest BCUT2D eigenvalue weighted by Gasteiger charge is -2.31. The summed E-state index contributed by atoms with van der Waals surface area (Å²) in [5.41, 5.74) is 1.08. The van der Waals surface area contributed by atoms with Crippen LogP contribution in [0, 0.1) is 0 Å². The molecule has 174 valence electrons. The molecule has 1 aliphatic heterocycles. The summed E-state index contributed by atoms with van der Waals surface area (Å²) >= 11 is 0. The second-order valence-corrected chi connectivity index (χ2v) is 9.76. The number of aryl methyl sites for hydroxylation is 1. The molecule has 0 saturated carbocycles. The number of carbonyl (C=O) groups excluding carboxylic acids is 1. The highest BCUT2D eigenvalue weighted by Gasteiger charge is 2.31. The summed E-state index contributed by atoms with van der Waals surface area (Å²) in [4.78, 5) is 20.4. The van der Waals surface area contributed by atoms with Crippen LogP contribution in [0.2, 0.25) is 0 Å². The Hall–Kier alpha value is -2.40. The van der Waals surface area contributed by atoms with Gasteiger partial charge in [0.05, 0.1) is 12.7 Å². The summed E-state index contributed by atoms with van der Waals surface area (Å²) < 4.78 is 32.4. The second kappa shape index (κ2) is 12.0. The average Bonchev–Trinajstić information content (AvgIpc) is 2.81. The van der Waals surface area contributed by atoms with Crippen LogP contribution in [-0.4, -0.2) is 70.4 Å². The van der Waals surface area contributed by atoms with Gasteiger partial charge >= 0.3 is 0 Å². The van der Waals surface area contributed by atoms with E-state index in [4.69, 9.17) is 4.74 Å². The molecule has 1 saturated heterocycles. The van der Waals surface area contributed by atoms with Gasteiger partial charge in [-0.3, -0.25) is 10.0 Å². The van der Waals surface area contributed by atoms with Gasteiger partial charge in [0.25, 0.3) is 5.91 Å². The molecule has 10 heteroatoms. The molecule has 0 aliphatic carbocycles. The van der Waals surface area contributed by atoms with Crippen molar-refractivity contribution in [3.05, 3.63) is 60.2 Å². The van der Waals surface area contributed by atoms with E-state index < -0.39 is 21.7 Å². The number of benzene rings is 1. The Balaban J connectivity index is 1.36. The number of unbranched alkanes of at least 4 members (excludes halogenated alkanes) is 1. The molecular formula is C22H30N4O5S. The third kappa shape index (κ3) is 7.63. The summed E-state index contributed by atoms with van der Waals surface area (Å²) in [7, 11) is -3.79. The fourth-order valence-corrected chi connectivity index (χ4v) is 4.93. The molecule has 1 amide bonds. The summed E-state index contributed by atoms with van der Waals surface area (Å²) in [6.07, 6.45) is 6.28. The van der Waals surface area contributed by atoms with Crippen molar-refractivity contribution in [2.24, 2.45) is 0 Å². The van der Waals surface area contributed by atoms with Crippen LogP contribution in [0.4, 0.5) is 0 Å². The highest BCUT2D eigenvalue weighted by Crippen LogP contribution is 2.18. The molecule has 0 unspecified atom stereocenters. The van der Waals surface area contributed by atoms with Gasteiger partial charge in [0, 0.05) is 38.4 Å². The zero-order chi connectivity index (χ0) is 22.8. The number of hydrogen-bond acceptors (Lipinski definition) is 7. The van der Waals surface area contributed by atoms with Crippen molar-refractivity contribution in [1.29, 1.82) is 0 Å². The monoisotopic (exact) mass is 462 g/mol. The first-order chi connectivity index (χ1) is 15.4. The van der Waals surface area contributed by atoms with Crippen molar-refractivity contribution in [2.75, 3.05) is 25.4 Å². The van der Waals surface area contributed by atoms with E-state index in [-0.39, 0.29) is 12.6 Å². The lowest BCUT2D eigenvalue weighted by Crippen LogP contribution is -2.45. The van der Waals surface area contributed by atoms with E-state index in [1.54, 1.807) is 18.5 Å². The number of sulfonamides is 1. The Morgan fingerprint density at radius 2 is 1.78 bits per heavy atom. The Labute approximate surface area is 189 Å². The maximum Gasteiger partial charge on any atom is 0.262 e. The highest BCUT2D eigenvalue weighted by atomic mass is 32.2. The first kappa shape index (κ1) is 24.2. The van der Waals surface area contributed by atoms with Crippen LogP contribution < -0.4 is 0 Å². The Bertz CT molecular complexity index is 935. The quantitative estimate of drug-likeness (QED) is 0.309. The van der Waals surface area contributed by atoms with Gasteiger partial charge in [-0.25, -0.2) is 27.8 Å². The first-order valence-corrected chi connectivity index (χ1v) is 12.4. The predicted molar refractivity (Wildman–Crippen MR) is 118 cm³/mol. The van der Waals surface area contributed by atoms with E-state index in [9.17, 15) is 18.4 Å². The minimum Gasteiger partial charge on any atom is -0.373 e. The number of carbonyl (C=O) groups is 1. The minimum absolute atomic E-state index is 0.0136. The number of hydroxylamine groups is 2. The largest absolute Gasteiger partial charge is 0.373 e. The van der Waals surface area contributed by atoms with Crippen molar-refractivity contribution < 1.29 is 23.2 Å². The number of nitrogens with zero attached hydrogens (tertiary/aromatic N) is 4. The smallest absolute Gasteiger partial charge is 0.262 e. The number of hydrogen-bond donors (Lipinski definition) is 1. The molecule has 1 aliphatic rings. The maximum absolute atomic E-state index is 12.6. The highest BCUT2D eigenvalue weighted by molar-refractivity contribution is 7.89. The molecule has 32 heavy (non-hydrogen) atoms. The minimum atomic E-state index is -3.79. The molecule has 0 atom stereocenters. The summed E-state index contributed by atoms with van der Waals surface area (Å²) in [6.45, 7) is 1.17. The van der Waals surface area contributed by atoms with Crippen LogP contribution in [0.15, 0.2) is 48.8 Å². The van der Waals surface area contributed by atoms with Gasteiger partial charge in [0.15, 0.2) is 0 Å². The lowest BCUT2D eigenvalue weighted by molar-refractivity contribution is -0.162. The molecule has 2 heterocycles. The number of rotatable bonds is 11. The standard InChI is InChI=1S/C22H30N4O5S/c27-22(26(28)14-5-4-9-21-23-12-6-13-24-21)18-32(29,30)25-15-10-20(11-16-25)31-17-19-7-2-1-3-8-19/h1-3,6-8,12-13,20,28H,4-5,9-11,14-18H2. The predicted octanol–water partition coefficient (Wildman–Crippen LogP) is 2.03. The van der Waals surface area contributed by atoms with E-state index in [2.05, 4.69) is 9.97 Å². The summed E-state index contributed by atoms with van der Waals surface area (Å²) in [6, 6.07) is 11.6. The van der Waals surface area contributed by atoms with Crippen molar-refractivity contribution in [3.63, 3.8) is 0 Å². The Morgan fingerprint density at radius 3 is 2.47 bits per heavy atom. The van der Waals surface area contributed by atoms with E-state index in [1.165, 1.54) is 4.31 Å². The van der Waals surface area contributed by atoms with Gasteiger partial charge < -0.3 is 4.74 Å². The molecule has 1 fully saturated rings. The average molecular weight is 463 g/mol. The fraction of sp³-hybridized carbons (Fsp3) is 0.500. The van der Waals surface area contributed by atoms with Crippen LogP contribution in [0.1, 0.15) is 37.1 Å². The van der Waals surface area contributed by atoms with Gasteiger partial charge in [0.1, 0.15) is 11.6 Å². The van der Waals surface area contributed by atoms with Gasteiger partial charge in [-0.1, -0.05) is 30.3 Å². The van der Waals surface area contributed by atoms with E-state index in [0.29, 0.717) is 62.7 Å².